The zero-order valence-corrected chi connectivity index (χ0v) is 15.3. The maximum atomic E-state index is 3.73. The largest absolute Gasteiger partial charge is 0.371 e. The average molecular weight is 341 g/mol. The van der Waals surface area contributed by atoms with Crippen LogP contribution >= 0.6 is 15.9 Å². The van der Waals surface area contributed by atoms with Crippen molar-refractivity contribution in [3.05, 3.63) is 28.2 Å². The van der Waals surface area contributed by atoms with Gasteiger partial charge in [-0.25, -0.2) is 0 Å². The third kappa shape index (κ3) is 5.84. The monoisotopic (exact) mass is 340 g/mol. The predicted molar refractivity (Wildman–Crippen MR) is 93.5 cm³/mol. The fourth-order valence-electron chi connectivity index (χ4n) is 2.12. The van der Waals surface area contributed by atoms with Crippen molar-refractivity contribution in [2.24, 2.45) is 5.92 Å². The molecule has 0 amide bonds. The lowest BCUT2D eigenvalue weighted by atomic mass is 10.1. The summed E-state index contributed by atoms with van der Waals surface area (Å²) in [5.41, 5.74) is 2.76. The molecule has 0 atom stereocenters. The molecule has 114 valence electrons. The first-order valence-corrected chi connectivity index (χ1v) is 8.30. The molecule has 3 heteroatoms. The summed E-state index contributed by atoms with van der Waals surface area (Å²) >= 11 is 3.73. The number of anilines is 1. The Hall–Kier alpha value is -0.540. The summed E-state index contributed by atoms with van der Waals surface area (Å²) < 4.78 is 1.19. The molecule has 0 fully saturated rings. The van der Waals surface area contributed by atoms with E-state index < -0.39 is 0 Å². The first kappa shape index (κ1) is 17.5. The van der Waals surface area contributed by atoms with Crippen LogP contribution in [0, 0.1) is 5.92 Å². The van der Waals surface area contributed by atoms with Crippen molar-refractivity contribution in [2.45, 2.75) is 53.6 Å². The number of rotatable bonds is 6. The van der Waals surface area contributed by atoms with Crippen molar-refractivity contribution in [2.75, 3.05) is 18.0 Å². The highest BCUT2D eigenvalue weighted by molar-refractivity contribution is 9.10. The second-order valence-corrected chi connectivity index (χ2v) is 7.68. The highest BCUT2D eigenvalue weighted by Gasteiger charge is 2.12. The van der Waals surface area contributed by atoms with E-state index in [1.165, 1.54) is 15.7 Å². The lowest BCUT2D eigenvalue weighted by molar-refractivity contribution is 0.424. The number of hydrogen-bond donors (Lipinski definition) is 1. The zero-order chi connectivity index (χ0) is 15.3. The Balaban J connectivity index is 2.81. The van der Waals surface area contributed by atoms with E-state index in [1.54, 1.807) is 0 Å². The molecule has 1 rings (SSSR count). The van der Waals surface area contributed by atoms with Crippen LogP contribution in [0.5, 0.6) is 0 Å². The average Bonchev–Trinajstić information content (AvgIpc) is 2.33. The van der Waals surface area contributed by atoms with E-state index in [0.717, 1.165) is 19.6 Å². The molecule has 2 nitrogen and oxygen atoms in total. The Morgan fingerprint density at radius 2 is 1.90 bits per heavy atom. The van der Waals surface area contributed by atoms with Gasteiger partial charge in [0, 0.05) is 29.6 Å². The van der Waals surface area contributed by atoms with Crippen LogP contribution in [0.15, 0.2) is 22.7 Å². The van der Waals surface area contributed by atoms with Crippen LogP contribution in [0.25, 0.3) is 0 Å². The fraction of sp³-hybridized carbons (Fsp3) is 0.647. The molecule has 0 aliphatic heterocycles. The molecular formula is C17H29BrN2. The van der Waals surface area contributed by atoms with Gasteiger partial charge in [-0.2, -0.15) is 0 Å². The van der Waals surface area contributed by atoms with Gasteiger partial charge >= 0.3 is 0 Å². The van der Waals surface area contributed by atoms with Crippen LogP contribution < -0.4 is 10.2 Å². The molecule has 1 aromatic rings. The van der Waals surface area contributed by atoms with Gasteiger partial charge in [0.25, 0.3) is 0 Å². The molecule has 0 aromatic heterocycles. The Labute approximate surface area is 133 Å². The smallest absolute Gasteiger partial charge is 0.0510 e. The van der Waals surface area contributed by atoms with Crippen LogP contribution in [0.2, 0.25) is 0 Å². The van der Waals surface area contributed by atoms with E-state index in [4.69, 9.17) is 0 Å². The quantitative estimate of drug-likeness (QED) is 0.798. The minimum atomic E-state index is 0.151. The second-order valence-electron chi connectivity index (χ2n) is 6.82. The van der Waals surface area contributed by atoms with Gasteiger partial charge in [0.15, 0.2) is 0 Å². The molecular weight excluding hydrogens is 312 g/mol. The van der Waals surface area contributed by atoms with E-state index in [0.29, 0.717) is 5.92 Å². The molecule has 0 spiro atoms. The number of benzene rings is 1. The van der Waals surface area contributed by atoms with Crippen LogP contribution in [-0.4, -0.2) is 18.6 Å². The van der Waals surface area contributed by atoms with E-state index in [1.807, 2.05) is 0 Å². The van der Waals surface area contributed by atoms with Crippen molar-refractivity contribution in [3.8, 4) is 0 Å². The van der Waals surface area contributed by atoms with Gasteiger partial charge in [0.2, 0.25) is 0 Å². The number of hydrogen-bond acceptors (Lipinski definition) is 2. The molecule has 1 N–H and O–H groups in total. The summed E-state index contributed by atoms with van der Waals surface area (Å²) in [6, 6.07) is 6.69. The standard InChI is InChI=1S/C17H29BrN2/c1-7-20(12-13(2)3)16-9-8-14(10-15(16)18)11-19-17(4,5)6/h8-10,13,19H,7,11-12H2,1-6H3. The predicted octanol–water partition coefficient (Wildman–Crippen LogP) is 4.82. The van der Waals surface area contributed by atoms with E-state index in [-0.39, 0.29) is 5.54 Å². The lowest BCUT2D eigenvalue weighted by Gasteiger charge is -2.27. The maximum Gasteiger partial charge on any atom is 0.0510 e. The van der Waals surface area contributed by atoms with E-state index >= 15 is 0 Å². The summed E-state index contributed by atoms with van der Waals surface area (Å²) in [6.07, 6.45) is 0. The molecule has 0 bridgehead atoms. The molecule has 20 heavy (non-hydrogen) atoms. The summed E-state index contributed by atoms with van der Waals surface area (Å²) in [7, 11) is 0. The molecule has 0 aliphatic rings. The van der Waals surface area contributed by atoms with Gasteiger partial charge < -0.3 is 10.2 Å². The molecule has 1 aromatic carbocycles. The Morgan fingerprint density at radius 3 is 2.35 bits per heavy atom. The maximum absolute atomic E-state index is 3.73. The minimum absolute atomic E-state index is 0.151. The van der Waals surface area contributed by atoms with Gasteiger partial charge in [0.05, 0.1) is 5.69 Å². The SMILES string of the molecule is CCN(CC(C)C)c1ccc(CNC(C)(C)C)cc1Br. The number of halogens is 1. The van der Waals surface area contributed by atoms with E-state index in [2.05, 4.69) is 85.9 Å². The molecule has 0 heterocycles. The normalized spacial score (nSPS) is 12.0. The van der Waals surface area contributed by atoms with Gasteiger partial charge in [-0.05, 0) is 67.2 Å². The molecule has 0 radical (unpaired) electrons. The van der Waals surface area contributed by atoms with Crippen LogP contribution in [-0.2, 0) is 6.54 Å². The topological polar surface area (TPSA) is 15.3 Å². The van der Waals surface area contributed by atoms with Crippen LogP contribution in [0.3, 0.4) is 0 Å². The van der Waals surface area contributed by atoms with Crippen LogP contribution in [0.1, 0.15) is 47.1 Å². The Bertz CT molecular complexity index is 421. The van der Waals surface area contributed by atoms with Crippen molar-refractivity contribution >= 4 is 21.6 Å². The fourth-order valence-corrected chi connectivity index (χ4v) is 2.80. The van der Waals surface area contributed by atoms with Gasteiger partial charge in [-0.15, -0.1) is 0 Å². The Kier molecular flexibility index (Phi) is 6.53. The van der Waals surface area contributed by atoms with Crippen LogP contribution in [0.4, 0.5) is 5.69 Å². The minimum Gasteiger partial charge on any atom is -0.371 e. The molecule has 0 aliphatic carbocycles. The number of nitrogens with zero attached hydrogens (tertiary/aromatic N) is 1. The zero-order valence-electron chi connectivity index (χ0n) is 13.8. The molecule has 0 saturated heterocycles. The van der Waals surface area contributed by atoms with Crippen molar-refractivity contribution in [3.63, 3.8) is 0 Å². The summed E-state index contributed by atoms with van der Waals surface area (Å²) in [6.45, 7) is 16.3. The second kappa shape index (κ2) is 7.46. The molecule has 0 saturated carbocycles. The van der Waals surface area contributed by atoms with Gasteiger partial charge in [-0.3, -0.25) is 0 Å². The highest BCUT2D eigenvalue weighted by Crippen LogP contribution is 2.28. The summed E-state index contributed by atoms with van der Waals surface area (Å²) in [4.78, 5) is 2.43. The Morgan fingerprint density at radius 1 is 1.25 bits per heavy atom. The highest BCUT2D eigenvalue weighted by atomic mass is 79.9. The van der Waals surface area contributed by atoms with Gasteiger partial charge in [-0.1, -0.05) is 19.9 Å². The van der Waals surface area contributed by atoms with Gasteiger partial charge in [0.1, 0.15) is 0 Å². The van der Waals surface area contributed by atoms with Crippen molar-refractivity contribution < 1.29 is 0 Å². The summed E-state index contributed by atoms with van der Waals surface area (Å²) in [5.74, 6) is 0.670. The lowest BCUT2D eigenvalue weighted by Crippen LogP contribution is -2.35. The molecule has 0 unspecified atom stereocenters. The summed E-state index contributed by atoms with van der Waals surface area (Å²) in [5, 5.41) is 3.53. The van der Waals surface area contributed by atoms with Crippen molar-refractivity contribution in [1.82, 2.24) is 5.32 Å². The third-order valence-corrected chi connectivity index (χ3v) is 3.78. The first-order valence-electron chi connectivity index (χ1n) is 7.51. The van der Waals surface area contributed by atoms with Crippen molar-refractivity contribution in [1.29, 1.82) is 0 Å². The third-order valence-electron chi connectivity index (χ3n) is 3.14. The first-order chi connectivity index (χ1) is 9.23. The van der Waals surface area contributed by atoms with E-state index in [9.17, 15) is 0 Å². The number of nitrogens with one attached hydrogen (secondary N) is 1.